The predicted molar refractivity (Wildman–Crippen MR) is 128 cm³/mol. The zero-order valence-electron chi connectivity index (χ0n) is 19.7. The van der Waals surface area contributed by atoms with E-state index in [-0.39, 0.29) is 23.5 Å². The van der Waals surface area contributed by atoms with E-state index in [1.807, 2.05) is 40.1 Å². The van der Waals surface area contributed by atoms with E-state index in [4.69, 9.17) is 0 Å². The minimum Gasteiger partial charge on any atom is -0.361 e. The first kappa shape index (κ1) is 22.8. The van der Waals surface area contributed by atoms with Crippen molar-refractivity contribution in [3.8, 4) is 0 Å². The second kappa shape index (κ2) is 8.85. The van der Waals surface area contributed by atoms with Crippen molar-refractivity contribution in [3.63, 3.8) is 0 Å². The highest BCUT2D eigenvalue weighted by Gasteiger charge is 2.55. The molecule has 4 rings (SSSR count). The van der Waals surface area contributed by atoms with Crippen LogP contribution in [0.25, 0.3) is 0 Å². The molecule has 6 nitrogen and oxygen atoms in total. The molecular formula is C26H36N4O2. The molecule has 172 valence electrons. The fraction of sp³-hybridized carbons (Fsp3) is 0.500. The second-order valence-corrected chi connectivity index (χ2v) is 9.74. The van der Waals surface area contributed by atoms with Crippen LogP contribution < -0.4 is 4.90 Å². The maximum atomic E-state index is 12.7. The lowest BCUT2D eigenvalue weighted by molar-refractivity contribution is -0.136. The summed E-state index contributed by atoms with van der Waals surface area (Å²) in [5.41, 5.74) is 2.06. The Hall–Kier alpha value is -2.41. The third-order valence-electron chi connectivity index (χ3n) is 7.70. The van der Waals surface area contributed by atoms with Crippen molar-refractivity contribution in [2.24, 2.45) is 0 Å². The van der Waals surface area contributed by atoms with Gasteiger partial charge in [-0.15, -0.1) is 0 Å². The predicted octanol–water partition coefficient (Wildman–Crippen LogP) is 2.94. The lowest BCUT2D eigenvalue weighted by Gasteiger charge is -2.51. The SMILES string of the molecule is CN(C)C(=O)CN1C(O)N(c2ccccc2)C[C@]12CC[C@](c1ccccc1)(N(C)C)CC2. The number of anilines is 1. The van der Waals surface area contributed by atoms with Crippen molar-refractivity contribution in [2.45, 2.75) is 43.1 Å². The average molecular weight is 437 g/mol. The summed E-state index contributed by atoms with van der Waals surface area (Å²) in [6.07, 6.45) is 2.98. The van der Waals surface area contributed by atoms with E-state index in [0.717, 1.165) is 37.9 Å². The number of aliphatic hydroxyl groups is 1. The molecule has 0 radical (unpaired) electrons. The molecule has 1 atom stereocenters. The summed E-state index contributed by atoms with van der Waals surface area (Å²) in [5, 5.41) is 11.4. The molecule has 1 heterocycles. The highest BCUT2D eigenvalue weighted by Crippen LogP contribution is 2.49. The molecule has 1 N–H and O–H groups in total. The van der Waals surface area contributed by atoms with Gasteiger partial charge in [-0.05, 0) is 57.5 Å². The van der Waals surface area contributed by atoms with Gasteiger partial charge in [-0.1, -0.05) is 48.5 Å². The van der Waals surface area contributed by atoms with Crippen LogP contribution in [0, 0.1) is 0 Å². The Morgan fingerprint density at radius 2 is 1.50 bits per heavy atom. The van der Waals surface area contributed by atoms with Crippen molar-refractivity contribution < 1.29 is 9.90 Å². The molecule has 32 heavy (non-hydrogen) atoms. The topological polar surface area (TPSA) is 50.3 Å². The van der Waals surface area contributed by atoms with Gasteiger partial charge in [0.15, 0.2) is 6.35 Å². The minimum absolute atomic E-state index is 0.0193. The normalized spacial score (nSPS) is 28.4. The first-order valence-corrected chi connectivity index (χ1v) is 11.5. The first-order valence-electron chi connectivity index (χ1n) is 11.5. The van der Waals surface area contributed by atoms with Crippen molar-refractivity contribution in [1.82, 2.24) is 14.7 Å². The highest BCUT2D eigenvalue weighted by atomic mass is 16.3. The van der Waals surface area contributed by atoms with E-state index in [0.29, 0.717) is 0 Å². The number of carbonyl (C=O) groups excluding carboxylic acids is 1. The molecule has 1 saturated carbocycles. The number of hydrogen-bond acceptors (Lipinski definition) is 5. The van der Waals surface area contributed by atoms with Gasteiger partial charge in [0, 0.05) is 37.4 Å². The summed E-state index contributed by atoms with van der Waals surface area (Å²) in [6, 6.07) is 20.8. The molecule has 1 aliphatic carbocycles. The summed E-state index contributed by atoms with van der Waals surface area (Å²) in [6.45, 7) is 0.939. The van der Waals surface area contributed by atoms with Crippen LogP contribution in [-0.2, 0) is 10.3 Å². The summed E-state index contributed by atoms with van der Waals surface area (Å²) in [4.78, 5) is 20.8. The molecule has 1 saturated heterocycles. The standard InChI is InChI=1S/C26H36N4O2/c1-27(2)23(31)19-30-24(32)29(22-13-9-6-10-14-22)20-25(30)15-17-26(18-16-25,28(3)4)21-11-7-5-8-12-21/h5-14,24,32H,15-20H2,1-4H3/t24?,25-,26+. The number of aliphatic hydroxyl groups excluding tert-OH is 1. The lowest BCUT2D eigenvalue weighted by atomic mass is 9.68. The number of nitrogens with zero attached hydrogens (tertiary/aromatic N) is 4. The number of carbonyl (C=O) groups is 1. The number of rotatable bonds is 5. The summed E-state index contributed by atoms with van der Waals surface area (Å²) >= 11 is 0. The van der Waals surface area contributed by atoms with Crippen LogP contribution >= 0.6 is 0 Å². The first-order chi connectivity index (χ1) is 15.3. The number of likely N-dealkylation sites (N-methyl/N-ethyl adjacent to an activating group) is 1. The maximum Gasteiger partial charge on any atom is 0.236 e. The van der Waals surface area contributed by atoms with Gasteiger partial charge in [0.1, 0.15) is 0 Å². The van der Waals surface area contributed by atoms with Gasteiger partial charge in [-0.25, -0.2) is 4.90 Å². The molecule has 6 heteroatoms. The van der Waals surface area contributed by atoms with E-state index in [1.54, 1.807) is 19.0 Å². The summed E-state index contributed by atoms with van der Waals surface area (Å²) in [5.74, 6) is 0.0193. The lowest BCUT2D eigenvalue weighted by Crippen LogP contribution is -2.57. The molecule has 1 aliphatic heterocycles. The van der Waals surface area contributed by atoms with Crippen LogP contribution in [0.2, 0.25) is 0 Å². The average Bonchev–Trinajstić information content (AvgIpc) is 3.07. The van der Waals surface area contributed by atoms with E-state index in [9.17, 15) is 9.90 Å². The highest BCUT2D eigenvalue weighted by molar-refractivity contribution is 5.78. The zero-order chi connectivity index (χ0) is 22.9. The smallest absolute Gasteiger partial charge is 0.236 e. The molecule has 1 amide bonds. The Bertz CT molecular complexity index is 908. The van der Waals surface area contributed by atoms with E-state index in [1.165, 1.54) is 5.56 Å². The van der Waals surface area contributed by atoms with Crippen LogP contribution in [0.4, 0.5) is 5.69 Å². The number of hydrogen-bond donors (Lipinski definition) is 1. The van der Waals surface area contributed by atoms with E-state index in [2.05, 4.69) is 49.3 Å². The van der Waals surface area contributed by atoms with Crippen molar-refractivity contribution in [1.29, 1.82) is 0 Å². The minimum atomic E-state index is -0.815. The maximum absolute atomic E-state index is 12.7. The van der Waals surface area contributed by atoms with E-state index < -0.39 is 6.35 Å². The van der Waals surface area contributed by atoms with Gasteiger partial charge < -0.3 is 14.9 Å². The molecule has 2 aromatic rings. The fourth-order valence-corrected chi connectivity index (χ4v) is 5.60. The van der Waals surface area contributed by atoms with Crippen LogP contribution in [-0.4, -0.2) is 78.9 Å². The Kier molecular flexibility index (Phi) is 6.30. The molecule has 0 bridgehead atoms. The summed E-state index contributed by atoms with van der Waals surface area (Å²) < 4.78 is 0. The summed E-state index contributed by atoms with van der Waals surface area (Å²) in [7, 11) is 7.88. The quantitative estimate of drug-likeness (QED) is 0.781. The Morgan fingerprint density at radius 1 is 0.938 bits per heavy atom. The molecule has 1 spiro atoms. The van der Waals surface area contributed by atoms with Gasteiger partial charge in [0.25, 0.3) is 0 Å². The van der Waals surface area contributed by atoms with Gasteiger partial charge in [0.2, 0.25) is 5.91 Å². The van der Waals surface area contributed by atoms with Gasteiger partial charge in [-0.3, -0.25) is 9.69 Å². The van der Waals surface area contributed by atoms with Crippen LogP contribution in [0.15, 0.2) is 60.7 Å². The van der Waals surface area contributed by atoms with Crippen LogP contribution in [0.5, 0.6) is 0 Å². The van der Waals surface area contributed by atoms with Gasteiger partial charge in [-0.2, -0.15) is 0 Å². The Morgan fingerprint density at radius 3 is 2.03 bits per heavy atom. The second-order valence-electron chi connectivity index (χ2n) is 9.74. The molecule has 0 aromatic heterocycles. The number of amides is 1. The Labute approximate surface area is 192 Å². The molecule has 2 fully saturated rings. The fourth-order valence-electron chi connectivity index (χ4n) is 5.60. The number of benzene rings is 2. The third-order valence-corrected chi connectivity index (χ3v) is 7.70. The number of para-hydroxylation sites is 1. The molecule has 2 aromatic carbocycles. The van der Waals surface area contributed by atoms with E-state index >= 15 is 0 Å². The molecule has 2 aliphatic rings. The van der Waals surface area contributed by atoms with Crippen LogP contribution in [0.3, 0.4) is 0 Å². The van der Waals surface area contributed by atoms with Crippen molar-refractivity contribution in [3.05, 3.63) is 66.2 Å². The van der Waals surface area contributed by atoms with Gasteiger partial charge >= 0.3 is 0 Å². The largest absolute Gasteiger partial charge is 0.361 e. The van der Waals surface area contributed by atoms with Crippen molar-refractivity contribution in [2.75, 3.05) is 46.2 Å². The van der Waals surface area contributed by atoms with Crippen LogP contribution in [0.1, 0.15) is 31.2 Å². The third kappa shape index (κ3) is 3.91. The zero-order valence-corrected chi connectivity index (χ0v) is 19.7. The molecular weight excluding hydrogens is 400 g/mol. The van der Waals surface area contributed by atoms with Gasteiger partial charge in [0.05, 0.1) is 6.54 Å². The molecule has 1 unspecified atom stereocenters. The Balaban J connectivity index is 1.65. The monoisotopic (exact) mass is 436 g/mol. The van der Waals surface area contributed by atoms with Crippen molar-refractivity contribution >= 4 is 11.6 Å².